The molecule has 29 heavy (non-hydrogen) atoms. The van der Waals surface area contributed by atoms with E-state index in [-0.39, 0.29) is 11.8 Å². The number of hydrogen-bond acceptors (Lipinski definition) is 4. The number of carbonyl (C=O) groups excluding carboxylic acids is 2. The first-order valence-electron chi connectivity index (χ1n) is 9.47. The molecule has 0 saturated carbocycles. The van der Waals surface area contributed by atoms with Crippen LogP contribution in [0.2, 0.25) is 0 Å². The van der Waals surface area contributed by atoms with Crippen LogP contribution in [-0.4, -0.2) is 42.2 Å². The number of nitrogens with zero attached hydrogens (tertiary/aromatic N) is 1. The minimum absolute atomic E-state index is 0.0535. The molecule has 2 aromatic rings. The minimum atomic E-state index is -0.539. The number of rotatable bonds is 10. The lowest BCUT2D eigenvalue weighted by Gasteiger charge is -2.28. The van der Waals surface area contributed by atoms with E-state index >= 15 is 0 Å². The van der Waals surface area contributed by atoms with E-state index in [1.807, 2.05) is 55.5 Å². The molecule has 0 aliphatic carbocycles. The van der Waals surface area contributed by atoms with Crippen molar-refractivity contribution in [3.63, 3.8) is 0 Å². The molecule has 1 atom stereocenters. The van der Waals surface area contributed by atoms with Crippen LogP contribution in [0.25, 0.3) is 0 Å². The number of hydrogen-bond donors (Lipinski definition) is 1. The van der Waals surface area contributed by atoms with E-state index in [1.165, 1.54) is 11.8 Å². The SMILES string of the molecule is CCNC(=O)C(C)N(Cc1cccc(Br)c1)C(=O)CSCc1ccc(OC)cc1. The van der Waals surface area contributed by atoms with E-state index in [9.17, 15) is 9.59 Å². The minimum Gasteiger partial charge on any atom is -0.497 e. The van der Waals surface area contributed by atoms with Crippen LogP contribution in [0.1, 0.15) is 25.0 Å². The van der Waals surface area contributed by atoms with Gasteiger partial charge in [0.2, 0.25) is 11.8 Å². The van der Waals surface area contributed by atoms with Crippen molar-refractivity contribution in [2.75, 3.05) is 19.4 Å². The second-order valence-corrected chi connectivity index (χ2v) is 8.46. The van der Waals surface area contributed by atoms with Crippen molar-refractivity contribution in [2.45, 2.75) is 32.2 Å². The first kappa shape index (κ1) is 23.3. The molecule has 2 aromatic carbocycles. The Labute approximate surface area is 185 Å². The first-order chi connectivity index (χ1) is 13.9. The highest BCUT2D eigenvalue weighted by Gasteiger charge is 2.25. The monoisotopic (exact) mass is 478 g/mol. The fourth-order valence-corrected chi connectivity index (χ4v) is 4.11. The van der Waals surface area contributed by atoms with Gasteiger partial charge in [0, 0.05) is 23.3 Å². The molecule has 1 unspecified atom stereocenters. The van der Waals surface area contributed by atoms with Crippen molar-refractivity contribution >= 4 is 39.5 Å². The van der Waals surface area contributed by atoms with E-state index < -0.39 is 6.04 Å². The quantitative estimate of drug-likeness (QED) is 0.554. The predicted octanol–water partition coefficient (Wildman–Crippen LogP) is 4.24. The van der Waals surface area contributed by atoms with Crippen LogP contribution in [0.5, 0.6) is 5.75 Å². The van der Waals surface area contributed by atoms with Crippen LogP contribution in [-0.2, 0) is 21.9 Å². The van der Waals surface area contributed by atoms with Crippen molar-refractivity contribution < 1.29 is 14.3 Å². The summed E-state index contributed by atoms with van der Waals surface area (Å²) in [6, 6.07) is 15.1. The van der Waals surface area contributed by atoms with E-state index in [2.05, 4.69) is 21.2 Å². The largest absolute Gasteiger partial charge is 0.497 e. The third kappa shape index (κ3) is 7.40. The van der Waals surface area contributed by atoms with Gasteiger partial charge in [-0.2, -0.15) is 0 Å². The molecule has 0 aromatic heterocycles. The number of thioether (sulfide) groups is 1. The molecule has 0 spiro atoms. The van der Waals surface area contributed by atoms with E-state index in [4.69, 9.17) is 4.74 Å². The van der Waals surface area contributed by atoms with Crippen molar-refractivity contribution in [1.29, 1.82) is 0 Å². The molecule has 156 valence electrons. The Morgan fingerprint density at radius 1 is 1.17 bits per heavy atom. The van der Waals surface area contributed by atoms with Gasteiger partial charge in [0.05, 0.1) is 12.9 Å². The summed E-state index contributed by atoms with van der Waals surface area (Å²) in [4.78, 5) is 27.0. The Morgan fingerprint density at radius 2 is 1.90 bits per heavy atom. The summed E-state index contributed by atoms with van der Waals surface area (Å²) in [7, 11) is 1.64. The summed E-state index contributed by atoms with van der Waals surface area (Å²) in [5, 5.41) is 2.81. The smallest absolute Gasteiger partial charge is 0.242 e. The van der Waals surface area contributed by atoms with Crippen LogP contribution in [0.4, 0.5) is 0 Å². The average molecular weight is 479 g/mol. The Hall–Kier alpha value is -1.99. The number of amides is 2. The lowest BCUT2D eigenvalue weighted by atomic mass is 10.1. The zero-order chi connectivity index (χ0) is 21.2. The summed E-state index contributed by atoms with van der Waals surface area (Å²) < 4.78 is 6.11. The Bertz CT molecular complexity index is 814. The molecule has 0 fully saturated rings. The number of benzene rings is 2. The topological polar surface area (TPSA) is 58.6 Å². The lowest BCUT2D eigenvalue weighted by molar-refractivity contribution is -0.138. The van der Waals surface area contributed by atoms with Crippen molar-refractivity contribution in [2.24, 2.45) is 0 Å². The van der Waals surface area contributed by atoms with Crippen molar-refractivity contribution in [1.82, 2.24) is 10.2 Å². The van der Waals surface area contributed by atoms with E-state index in [0.29, 0.717) is 18.8 Å². The standard InChI is InChI=1S/C22H27BrN2O3S/c1-4-24-22(27)16(2)25(13-18-6-5-7-19(23)12-18)21(26)15-29-14-17-8-10-20(28-3)11-9-17/h5-12,16H,4,13-15H2,1-3H3,(H,24,27). The summed E-state index contributed by atoms with van der Waals surface area (Å²) in [6.45, 7) is 4.57. The van der Waals surface area contributed by atoms with Gasteiger partial charge in [-0.1, -0.05) is 40.2 Å². The number of methoxy groups -OCH3 is 1. The second-order valence-electron chi connectivity index (χ2n) is 6.56. The van der Waals surface area contributed by atoms with Gasteiger partial charge >= 0.3 is 0 Å². The number of ether oxygens (including phenoxy) is 1. The molecule has 2 rings (SSSR count). The van der Waals surface area contributed by atoms with Gasteiger partial charge < -0.3 is 15.0 Å². The predicted molar refractivity (Wildman–Crippen MR) is 122 cm³/mol. The molecule has 2 amide bonds. The molecular weight excluding hydrogens is 452 g/mol. The van der Waals surface area contributed by atoms with Crippen LogP contribution < -0.4 is 10.1 Å². The molecule has 0 saturated heterocycles. The maximum absolute atomic E-state index is 13.0. The molecule has 0 aliphatic heterocycles. The first-order valence-corrected chi connectivity index (χ1v) is 11.4. The molecule has 0 heterocycles. The zero-order valence-corrected chi connectivity index (χ0v) is 19.4. The van der Waals surface area contributed by atoms with Crippen LogP contribution in [0, 0.1) is 0 Å². The summed E-state index contributed by atoms with van der Waals surface area (Å²) in [5.74, 6) is 1.64. The van der Waals surface area contributed by atoms with Gasteiger partial charge in [0.1, 0.15) is 11.8 Å². The van der Waals surface area contributed by atoms with Crippen molar-refractivity contribution in [3.05, 3.63) is 64.1 Å². The van der Waals surface area contributed by atoms with Gasteiger partial charge in [-0.25, -0.2) is 0 Å². The summed E-state index contributed by atoms with van der Waals surface area (Å²) >= 11 is 5.00. The average Bonchev–Trinajstić information content (AvgIpc) is 2.72. The Balaban J connectivity index is 2.03. The molecule has 0 bridgehead atoms. The molecule has 1 N–H and O–H groups in total. The van der Waals surface area contributed by atoms with E-state index in [1.54, 1.807) is 18.9 Å². The van der Waals surface area contributed by atoms with Crippen LogP contribution in [0.15, 0.2) is 53.0 Å². The van der Waals surface area contributed by atoms with Crippen LogP contribution >= 0.6 is 27.7 Å². The normalized spacial score (nSPS) is 11.6. The van der Waals surface area contributed by atoms with Crippen LogP contribution in [0.3, 0.4) is 0 Å². The molecule has 0 radical (unpaired) electrons. The van der Waals surface area contributed by atoms with Crippen molar-refractivity contribution in [3.8, 4) is 5.75 Å². The molecule has 5 nitrogen and oxygen atoms in total. The fourth-order valence-electron chi connectivity index (χ4n) is 2.80. The van der Waals surface area contributed by atoms with Gasteiger partial charge in [-0.15, -0.1) is 11.8 Å². The number of likely N-dealkylation sites (N-methyl/N-ethyl adjacent to an activating group) is 1. The van der Waals surface area contributed by atoms with Gasteiger partial charge in [0.15, 0.2) is 0 Å². The number of halogens is 1. The zero-order valence-electron chi connectivity index (χ0n) is 17.0. The highest BCUT2D eigenvalue weighted by atomic mass is 79.9. The highest BCUT2D eigenvalue weighted by Crippen LogP contribution is 2.19. The van der Waals surface area contributed by atoms with Gasteiger partial charge in [0.25, 0.3) is 0 Å². The summed E-state index contributed by atoms with van der Waals surface area (Å²) in [6.07, 6.45) is 0. The third-order valence-electron chi connectivity index (χ3n) is 4.41. The van der Waals surface area contributed by atoms with E-state index in [0.717, 1.165) is 27.1 Å². The fraction of sp³-hybridized carbons (Fsp3) is 0.364. The highest BCUT2D eigenvalue weighted by molar-refractivity contribution is 9.10. The van der Waals surface area contributed by atoms with Gasteiger partial charge in [-0.05, 0) is 49.2 Å². The lowest BCUT2D eigenvalue weighted by Crippen LogP contribution is -2.48. The Kier molecular flexibility index (Phi) is 9.54. The number of nitrogens with one attached hydrogen (secondary N) is 1. The number of carbonyl (C=O) groups is 2. The summed E-state index contributed by atoms with van der Waals surface area (Å²) in [5.41, 5.74) is 2.10. The maximum atomic E-state index is 13.0. The molecule has 7 heteroatoms. The third-order valence-corrected chi connectivity index (χ3v) is 5.90. The second kappa shape index (κ2) is 11.9. The Morgan fingerprint density at radius 3 is 2.52 bits per heavy atom. The maximum Gasteiger partial charge on any atom is 0.242 e. The molecule has 0 aliphatic rings. The van der Waals surface area contributed by atoms with Gasteiger partial charge in [-0.3, -0.25) is 9.59 Å². The molecular formula is C22H27BrN2O3S.